The van der Waals surface area contributed by atoms with Crippen LogP contribution in [0.3, 0.4) is 0 Å². The van der Waals surface area contributed by atoms with Crippen LogP contribution >= 0.6 is 0 Å². The van der Waals surface area contributed by atoms with E-state index in [-0.39, 0.29) is 18.7 Å². The summed E-state index contributed by atoms with van der Waals surface area (Å²) < 4.78 is 19.4. The highest BCUT2D eigenvalue weighted by molar-refractivity contribution is 5.70. The van der Waals surface area contributed by atoms with Gasteiger partial charge in [0, 0.05) is 30.3 Å². The van der Waals surface area contributed by atoms with Gasteiger partial charge in [-0.3, -0.25) is 0 Å². The van der Waals surface area contributed by atoms with Crippen molar-refractivity contribution in [1.29, 1.82) is 5.26 Å². The zero-order valence-corrected chi connectivity index (χ0v) is 19.4. The number of ether oxygens (including phenoxy) is 1. The molecule has 7 heteroatoms. The van der Waals surface area contributed by atoms with E-state index >= 15 is 0 Å². The van der Waals surface area contributed by atoms with E-state index in [0.29, 0.717) is 17.0 Å². The third-order valence-corrected chi connectivity index (χ3v) is 5.98. The van der Waals surface area contributed by atoms with Gasteiger partial charge in [-0.05, 0) is 43.9 Å². The number of carbonyl (C=O) groups is 1. The largest absolute Gasteiger partial charge is 0.444 e. The molecule has 1 amide bonds. The summed E-state index contributed by atoms with van der Waals surface area (Å²) in [7, 11) is 0. The number of rotatable bonds is 4. The number of nitriles is 1. The molecule has 1 aromatic heterocycles. The fourth-order valence-corrected chi connectivity index (χ4v) is 4.18. The van der Waals surface area contributed by atoms with Gasteiger partial charge in [-0.15, -0.1) is 0 Å². The van der Waals surface area contributed by atoms with Gasteiger partial charge in [0.2, 0.25) is 5.95 Å². The summed E-state index contributed by atoms with van der Waals surface area (Å²) in [6.45, 7) is 11.9. The van der Waals surface area contributed by atoms with Crippen molar-refractivity contribution in [2.75, 3.05) is 13.1 Å². The number of amides is 1. The molecule has 0 radical (unpaired) electrons. The number of hydrogen-bond acceptors (Lipinski definition) is 5. The summed E-state index contributed by atoms with van der Waals surface area (Å²) in [6.07, 6.45) is 0.802. The number of carbonyl (C=O) groups excluding carboxylic acids is 1. The van der Waals surface area contributed by atoms with Gasteiger partial charge in [0.25, 0.3) is 0 Å². The number of pyridine rings is 1. The molecular weight excluding hydrogens is 409 g/mol. The number of nitrogens with zero attached hydrogens (tertiary/aromatic N) is 3. The number of likely N-dealkylation sites (tertiary alicyclic amines) is 1. The third kappa shape index (κ3) is 4.20. The molecule has 1 saturated heterocycles. The lowest BCUT2D eigenvalue weighted by Gasteiger charge is -2.56. The number of aliphatic hydroxyl groups is 1. The second-order valence-electron chi connectivity index (χ2n) is 10.1. The highest BCUT2D eigenvalue weighted by atomic mass is 19.1. The predicted molar refractivity (Wildman–Crippen MR) is 118 cm³/mol. The van der Waals surface area contributed by atoms with Gasteiger partial charge in [0.05, 0.1) is 0 Å². The maximum Gasteiger partial charge on any atom is 0.410 e. The molecule has 2 heterocycles. The van der Waals surface area contributed by atoms with Gasteiger partial charge in [-0.25, -0.2) is 9.78 Å². The van der Waals surface area contributed by atoms with E-state index in [9.17, 15) is 19.6 Å². The van der Waals surface area contributed by atoms with Crippen molar-refractivity contribution in [2.45, 2.75) is 58.7 Å². The van der Waals surface area contributed by atoms with Crippen molar-refractivity contribution >= 4 is 6.09 Å². The van der Waals surface area contributed by atoms with E-state index in [1.54, 1.807) is 26.8 Å². The Balaban J connectivity index is 2.04. The normalized spacial score (nSPS) is 17.3. The van der Waals surface area contributed by atoms with Gasteiger partial charge < -0.3 is 14.7 Å². The first kappa shape index (κ1) is 23.7. The number of halogens is 1. The predicted octanol–water partition coefficient (Wildman–Crippen LogP) is 4.71. The van der Waals surface area contributed by atoms with Crippen LogP contribution in [0, 0.1) is 22.7 Å². The quantitative estimate of drug-likeness (QED) is 0.698. The van der Waals surface area contributed by atoms with Gasteiger partial charge in [-0.1, -0.05) is 45.0 Å². The molecule has 1 fully saturated rings. The SMILES string of the molecule is CC(C)c1ccc(C(O)(c2cnc(F)c(C#N)c2)C2(C)CN(C(=O)OC(C)(C)C)C2)cc1. The van der Waals surface area contributed by atoms with Crippen molar-refractivity contribution in [3.8, 4) is 6.07 Å². The minimum atomic E-state index is -1.60. The molecular formula is C25H30FN3O3. The molecule has 1 unspecified atom stereocenters. The van der Waals surface area contributed by atoms with Crippen LogP contribution in [0.4, 0.5) is 9.18 Å². The van der Waals surface area contributed by atoms with Crippen molar-refractivity contribution < 1.29 is 19.0 Å². The molecule has 1 aliphatic rings. The molecule has 1 aromatic carbocycles. The maximum atomic E-state index is 13.9. The molecule has 0 bridgehead atoms. The molecule has 0 spiro atoms. The highest BCUT2D eigenvalue weighted by Crippen LogP contribution is 2.51. The zero-order valence-electron chi connectivity index (χ0n) is 19.4. The molecule has 1 atom stereocenters. The fraction of sp³-hybridized carbons (Fsp3) is 0.480. The van der Waals surface area contributed by atoms with Crippen molar-refractivity contribution in [3.63, 3.8) is 0 Å². The standard InChI is InChI=1S/C25H30FN3O3/c1-16(2)17-7-9-19(10-8-17)25(31,20-11-18(12-27)21(26)28-13-20)24(6)14-29(15-24)22(30)32-23(3,4)5/h7-11,13,16,31H,14-15H2,1-6H3. The molecule has 6 nitrogen and oxygen atoms in total. The molecule has 32 heavy (non-hydrogen) atoms. The Morgan fingerprint density at radius 3 is 2.34 bits per heavy atom. The van der Waals surface area contributed by atoms with Gasteiger partial charge in [0.1, 0.15) is 22.8 Å². The van der Waals surface area contributed by atoms with E-state index in [4.69, 9.17) is 4.74 Å². The lowest BCUT2D eigenvalue weighted by atomic mass is 9.62. The first-order valence-electron chi connectivity index (χ1n) is 10.7. The lowest BCUT2D eigenvalue weighted by molar-refractivity contribution is -0.131. The molecule has 1 aliphatic heterocycles. The average Bonchev–Trinajstić information content (AvgIpc) is 2.69. The summed E-state index contributed by atoms with van der Waals surface area (Å²) in [5.74, 6) is -0.570. The smallest absolute Gasteiger partial charge is 0.410 e. The van der Waals surface area contributed by atoms with Crippen LogP contribution in [0.5, 0.6) is 0 Å². The fourth-order valence-electron chi connectivity index (χ4n) is 4.18. The number of hydrogen-bond donors (Lipinski definition) is 1. The van der Waals surface area contributed by atoms with Crippen LogP contribution < -0.4 is 0 Å². The number of benzene rings is 1. The van der Waals surface area contributed by atoms with E-state index in [1.807, 2.05) is 31.2 Å². The Morgan fingerprint density at radius 2 is 1.84 bits per heavy atom. The Bertz CT molecular complexity index is 1050. The first-order chi connectivity index (χ1) is 14.8. The molecule has 1 N–H and O–H groups in total. The van der Waals surface area contributed by atoms with Gasteiger partial charge >= 0.3 is 6.09 Å². The van der Waals surface area contributed by atoms with Gasteiger partial charge in [0.15, 0.2) is 0 Å². The van der Waals surface area contributed by atoms with E-state index in [1.165, 1.54) is 17.2 Å². The summed E-state index contributed by atoms with van der Waals surface area (Å²) >= 11 is 0. The van der Waals surface area contributed by atoms with E-state index in [0.717, 1.165) is 5.56 Å². The van der Waals surface area contributed by atoms with Crippen LogP contribution in [0.15, 0.2) is 36.5 Å². The maximum absolute atomic E-state index is 13.9. The van der Waals surface area contributed by atoms with Gasteiger partial charge in [-0.2, -0.15) is 9.65 Å². The van der Waals surface area contributed by atoms with Crippen LogP contribution in [0.25, 0.3) is 0 Å². The summed E-state index contributed by atoms with van der Waals surface area (Å²) in [4.78, 5) is 17.7. The minimum absolute atomic E-state index is 0.226. The van der Waals surface area contributed by atoms with Crippen molar-refractivity contribution in [1.82, 2.24) is 9.88 Å². The third-order valence-electron chi connectivity index (χ3n) is 5.98. The Kier molecular flexibility index (Phi) is 6.05. The highest BCUT2D eigenvalue weighted by Gasteiger charge is 2.58. The number of aromatic nitrogens is 1. The molecule has 2 aromatic rings. The average molecular weight is 440 g/mol. The second kappa shape index (κ2) is 8.18. The summed E-state index contributed by atoms with van der Waals surface area (Å²) in [5, 5.41) is 21.4. The Labute approximate surface area is 188 Å². The van der Waals surface area contributed by atoms with Crippen molar-refractivity contribution in [2.24, 2.45) is 5.41 Å². The lowest BCUT2D eigenvalue weighted by Crippen LogP contribution is -2.66. The van der Waals surface area contributed by atoms with Crippen LogP contribution in [0.2, 0.25) is 0 Å². The first-order valence-corrected chi connectivity index (χ1v) is 10.7. The molecule has 0 saturated carbocycles. The molecule has 170 valence electrons. The Morgan fingerprint density at radius 1 is 1.25 bits per heavy atom. The van der Waals surface area contributed by atoms with Crippen LogP contribution in [-0.4, -0.2) is 39.8 Å². The second-order valence-corrected chi connectivity index (χ2v) is 10.1. The van der Waals surface area contributed by atoms with Crippen LogP contribution in [-0.2, 0) is 10.3 Å². The monoisotopic (exact) mass is 439 g/mol. The zero-order chi connectivity index (χ0) is 23.9. The Hall–Kier alpha value is -2.98. The van der Waals surface area contributed by atoms with Crippen LogP contribution in [0.1, 0.15) is 69.7 Å². The van der Waals surface area contributed by atoms with E-state index in [2.05, 4.69) is 18.8 Å². The summed E-state index contributed by atoms with van der Waals surface area (Å²) in [6, 6.07) is 10.7. The topological polar surface area (TPSA) is 86.5 Å². The minimum Gasteiger partial charge on any atom is -0.444 e. The van der Waals surface area contributed by atoms with Crippen molar-refractivity contribution in [3.05, 3.63) is 64.7 Å². The summed E-state index contributed by atoms with van der Waals surface area (Å²) in [5.41, 5.74) is -1.28. The van der Waals surface area contributed by atoms with E-state index < -0.39 is 28.7 Å². The molecule has 3 rings (SSSR count). The molecule has 0 aliphatic carbocycles.